The van der Waals surface area contributed by atoms with Gasteiger partial charge in [-0.2, -0.15) is 0 Å². The number of piperazine rings is 1. The Morgan fingerprint density at radius 1 is 0.900 bits per heavy atom. The molecule has 2 saturated heterocycles. The number of nitrogens with zero attached hydrogens (tertiary/aromatic N) is 3. The number of amides is 1. The maximum Gasteiger partial charge on any atom is 0.236 e. The van der Waals surface area contributed by atoms with Crippen molar-refractivity contribution in [3.05, 3.63) is 60.2 Å². The molecule has 1 atom stereocenters. The average molecular weight is 408 g/mol. The lowest BCUT2D eigenvalue weighted by Gasteiger charge is -2.38. The molecule has 1 amide bonds. The molecule has 2 fully saturated rings. The zero-order valence-electron chi connectivity index (χ0n) is 18.0. The Morgan fingerprint density at radius 3 is 2.33 bits per heavy atom. The van der Waals surface area contributed by atoms with Crippen LogP contribution in [0.25, 0.3) is 0 Å². The minimum Gasteiger partial charge on any atom is -0.497 e. The van der Waals surface area contributed by atoms with Gasteiger partial charge in [0, 0.05) is 37.9 Å². The lowest BCUT2D eigenvalue weighted by molar-refractivity contribution is -0.133. The lowest BCUT2D eigenvalue weighted by atomic mass is 10.0. The third kappa shape index (κ3) is 4.96. The van der Waals surface area contributed by atoms with E-state index in [2.05, 4.69) is 51.1 Å². The van der Waals surface area contributed by atoms with Crippen LogP contribution in [0.1, 0.15) is 37.3 Å². The second kappa shape index (κ2) is 9.98. The van der Waals surface area contributed by atoms with Crippen LogP contribution in [0.4, 0.5) is 5.69 Å². The van der Waals surface area contributed by atoms with E-state index in [0.29, 0.717) is 12.6 Å². The minimum atomic E-state index is 0.267. The Morgan fingerprint density at radius 2 is 1.63 bits per heavy atom. The van der Waals surface area contributed by atoms with Crippen molar-refractivity contribution in [1.82, 2.24) is 9.80 Å². The third-order valence-electron chi connectivity index (χ3n) is 6.46. The van der Waals surface area contributed by atoms with E-state index >= 15 is 0 Å². The van der Waals surface area contributed by atoms with Crippen LogP contribution in [0.15, 0.2) is 54.6 Å². The minimum absolute atomic E-state index is 0.267. The molecule has 1 unspecified atom stereocenters. The molecule has 2 aromatic rings. The number of hydrogen-bond acceptors (Lipinski definition) is 4. The number of benzene rings is 2. The van der Waals surface area contributed by atoms with E-state index in [9.17, 15) is 4.79 Å². The maximum atomic E-state index is 13.1. The molecular weight excluding hydrogens is 374 g/mol. The Bertz CT molecular complexity index is 801. The summed E-state index contributed by atoms with van der Waals surface area (Å²) in [4.78, 5) is 20.0. The van der Waals surface area contributed by atoms with Crippen LogP contribution in [-0.2, 0) is 4.79 Å². The molecule has 2 heterocycles. The largest absolute Gasteiger partial charge is 0.497 e. The van der Waals surface area contributed by atoms with Gasteiger partial charge in [0.05, 0.1) is 13.7 Å². The lowest BCUT2D eigenvalue weighted by Crippen LogP contribution is -2.51. The fourth-order valence-electron chi connectivity index (χ4n) is 4.69. The summed E-state index contributed by atoms with van der Waals surface area (Å²) in [6.45, 7) is 4.91. The van der Waals surface area contributed by atoms with Crippen molar-refractivity contribution in [2.24, 2.45) is 0 Å². The van der Waals surface area contributed by atoms with Gasteiger partial charge in [-0.1, -0.05) is 43.2 Å². The molecule has 2 aliphatic heterocycles. The number of methoxy groups -OCH3 is 1. The molecule has 0 aliphatic carbocycles. The van der Waals surface area contributed by atoms with E-state index in [1.54, 1.807) is 7.11 Å². The van der Waals surface area contributed by atoms with Crippen LogP contribution in [0.3, 0.4) is 0 Å². The third-order valence-corrected chi connectivity index (χ3v) is 6.46. The van der Waals surface area contributed by atoms with Gasteiger partial charge in [-0.25, -0.2) is 0 Å². The molecule has 0 N–H and O–H groups in total. The number of hydrogen-bond donors (Lipinski definition) is 0. The molecule has 0 bridgehead atoms. The fourth-order valence-corrected chi connectivity index (χ4v) is 4.69. The summed E-state index contributed by atoms with van der Waals surface area (Å²) in [7, 11) is 1.70. The summed E-state index contributed by atoms with van der Waals surface area (Å²) in [6.07, 6.45) is 4.74. The number of anilines is 1. The normalized spacial score (nSPS) is 20.6. The van der Waals surface area contributed by atoms with E-state index in [4.69, 9.17) is 4.74 Å². The van der Waals surface area contributed by atoms with Crippen LogP contribution in [-0.4, -0.2) is 62.1 Å². The van der Waals surface area contributed by atoms with E-state index in [0.717, 1.165) is 44.9 Å². The zero-order valence-corrected chi connectivity index (χ0v) is 18.0. The van der Waals surface area contributed by atoms with Gasteiger partial charge in [0.2, 0.25) is 5.91 Å². The zero-order chi connectivity index (χ0) is 20.8. The summed E-state index contributed by atoms with van der Waals surface area (Å²) >= 11 is 0. The number of likely N-dealkylation sites (tertiary alicyclic amines) is 1. The Kier molecular flexibility index (Phi) is 6.90. The summed E-state index contributed by atoms with van der Waals surface area (Å²) in [5.41, 5.74) is 2.54. The molecule has 30 heavy (non-hydrogen) atoms. The SMILES string of the molecule is COc1ccc(C2CCCCCN2CC(=O)N2CCN(c3ccccc3)CC2)cc1. The van der Waals surface area contributed by atoms with E-state index in [1.807, 2.05) is 18.2 Å². The Labute approximate surface area is 180 Å². The van der Waals surface area contributed by atoms with Crippen LogP contribution >= 0.6 is 0 Å². The summed E-state index contributed by atoms with van der Waals surface area (Å²) in [6, 6.07) is 19.2. The predicted molar refractivity (Wildman–Crippen MR) is 121 cm³/mol. The van der Waals surface area contributed by atoms with Crippen molar-refractivity contribution in [3.8, 4) is 5.75 Å². The van der Waals surface area contributed by atoms with Crippen molar-refractivity contribution in [1.29, 1.82) is 0 Å². The van der Waals surface area contributed by atoms with Crippen molar-refractivity contribution < 1.29 is 9.53 Å². The maximum absolute atomic E-state index is 13.1. The molecule has 5 nitrogen and oxygen atoms in total. The van der Waals surface area contributed by atoms with Gasteiger partial charge in [-0.15, -0.1) is 0 Å². The number of para-hydroxylation sites is 1. The highest BCUT2D eigenvalue weighted by atomic mass is 16.5. The van der Waals surface area contributed by atoms with Crippen molar-refractivity contribution in [2.75, 3.05) is 51.3 Å². The van der Waals surface area contributed by atoms with Crippen LogP contribution in [0, 0.1) is 0 Å². The highest BCUT2D eigenvalue weighted by molar-refractivity contribution is 5.78. The van der Waals surface area contributed by atoms with E-state index < -0.39 is 0 Å². The van der Waals surface area contributed by atoms with Crippen molar-refractivity contribution in [3.63, 3.8) is 0 Å². The van der Waals surface area contributed by atoms with Gasteiger partial charge < -0.3 is 14.5 Å². The number of carbonyl (C=O) groups is 1. The van der Waals surface area contributed by atoms with Gasteiger partial charge in [0.1, 0.15) is 5.75 Å². The fraction of sp³-hybridized carbons (Fsp3) is 0.480. The summed E-state index contributed by atoms with van der Waals surface area (Å²) in [5, 5.41) is 0. The molecule has 0 spiro atoms. The first kappa shape index (κ1) is 20.7. The van der Waals surface area contributed by atoms with Crippen LogP contribution in [0.5, 0.6) is 5.75 Å². The van der Waals surface area contributed by atoms with E-state index in [1.165, 1.54) is 30.5 Å². The Hall–Kier alpha value is -2.53. The first-order chi connectivity index (χ1) is 14.7. The van der Waals surface area contributed by atoms with Gasteiger partial charge in [-0.05, 0) is 49.2 Å². The highest BCUT2D eigenvalue weighted by Crippen LogP contribution is 2.31. The smallest absolute Gasteiger partial charge is 0.236 e. The van der Waals surface area contributed by atoms with Crippen LogP contribution < -0.4 is 9.64 Å². The molecule has 2 aromatic carbocycles. The molecule has 160 valence electrons. The number of ether oxygens (including phenoxy) is 1. The summed E-state index contributed by atoms with van der Waals surface area (Å²) < 4.78 is 5.31. The average Bonchev–Trinajstić information content (AvgIpc) is 3.05. The standard InChI is InChI=1S/C25H33N3O2/c1-30-23-13-11-21(12-14-23)24-10-6-3-7-15-28(24)20-25(29)27-18-16-26(17-19-27)22-8-4-2-5-9-22/h2,4-5,8-9,11-14,24H,3,6-7,10,15-20H2,1H3. The van der Waals surface area contributed by atoms with Crippen LogP contribution in [0.2, 0.25) is 0 Å². The molecule has 2 aliphatic rings. The van der Waals surface area contributed by atoms with Crippen molar-refractivity contribution in [2.45, 2.75) is 31.7 Å². The van der Waals surface area contributed by atoms with Gasteiger partial charge in [0.15, 0.2) is 0 Å². The van der Waals surface area contributed by atoms with E-state index in [-0.39, 0.29) is 5.91 Å². The monoisotopic (exact) mass is 407 g/mol. The molecule has 5 heteroatoms. The second-order valence-electron chi connectivity index (χ2n) is 8.31. The summed E-state index contributed by atoms with van der Waals surface area (Å²) in [5.74, 6) is 1.15. The molecule has 0 aromatic heterocycles. The first-order valence-corrected chi connectivity index (χ1v) is 11.2. The quantitative estimate of drug-likeness (QED) is 0.752. The number of carbonyl (C=O) groups excluding carboxylic acids is 1. The predicted octanol–water partition coefficient (Wildman–Crippen LogP) is 3.96. The second-order valence-corrected chi connectivity index (χ2v) is 8.31. The van der Waals surface area contributed by atoms with Gasteiger partial charge in [-0.3, -0.25) is 9.69 Å². The van der Waals surface area contributed by atoms with Gasteiger partial charge in [0.25, 0.3) is 0 Å². The van der Waals surface area contributed by atoms with Crippen molar-refractivity contribution >= 4 is 11.6 Å². The molecule has 0 saturated carbocycles. The first-order valence-electron chi connectivity index (χ1n) is 11.2. The topological polar surface area (TPSA) is 36.0 Å². The molecular formula is C25H33N3O2. The molecule has 0 radical (unpaired) electrons. The van der Waals surface area contributed by atoms with Gasteiger partial charge >= 0.3 is 0 Å². The Balaban J connectivity index is 1.38. The number of rotatable bonds is 5. The highest BCUT2D eigenvalue weighted by Gasteiger charge is 2.28. The molecule has 4 rings (SSSR count).